The van der Waals surface area contributed by atoms with Crippen LogP contribution in [0.4, 0.5) is 0 Å². The van der Waals surface area contributed by atoms with E-state index >= 15 is 0 Å². The van der Waals surface area contributed by atoms with Gasteiger partial charge in [-0.2, -0.15) is 0 Å². The van der Waals surface area contributed by atoms with Crippen LogP contribution >= 0.6 is 0 Å². The van der Waals surface area contributed by atoms with Crippen LogP contribution < -0.4 is 4.74 Å². The van der Waals surface area contributed by atoms with E-state index in [0.29, 0.717) is 5.75 Å². The number of benzene rings is 1. The van der Waals surface area contributed by atoms with Crippen LogP contribution in [0.1, 0.15) is 43.6 Å². The highest BCUT2D eigenvalue weighted by Crippen LogP contribution is 2.63. The van der Waals surface area contributed by atoms with Gasteiger partial charge in [-0.15, -0.1) is 5.26 Å². The number of fused-ring (bicyclic) bond motifs is 5. The normalized spacial score (nSPS) is 39.0. The van der Waals surface area contributed by atoms with Gasteiger partial charge < -0.3 is 4.74 Å². The molecule has 98 valence electrons. The van der Waals surface area contributed by atoms with Gasteiger partial charge in [-0.3, -0.25) is 0 Å². The molecule has 5 unspecified atom stereocenters. The van der Waals surface area contributed by atoms with Crippen molar-refractivity contribution >= 4 is 0 Å². The lowest BCUT2D eigenvalue weighted by Gasteiger charge is -2.29. The Bertz CT molecular complexity index is 515. The molecule has 0 N–H and O–H groups in total. The second-order valence-electron chi connectivity index (χ2n) is 6.52. The van der Waals surface area contributed by atoms with Crippen LogP contribution in [-0.4, -0.2) is 0 Å². The van der Waals surface area contributed by atoms with E-state index in [-0.39, 0.29) is 0 Å². The van der Waals surface area contributed by atoms with Gasteiger partial charge in [-0.1, -0.05) is 12.1 Å². The first kappa shape index (κ1) is 11.3. The molecule has 3 aliphatic rings. The van der Waals surface area contributed by atoms with E-state index in [4.69, 9.17) is 10.00 Å². The smallest absolute Gasteiger partial charge is 0.292 e. The molecule has 4 rings (SSSR count). The summed E-state index contributed by atoms with van der Waals surface area (Å²) in [6.07, 6.45) is 9.00. The Labute approximate surface area is 114 Å². The lowest BCUT2D eigenvalue weighted by molar-refractivity contribution is 0.243. The molecule has 1 aromatic rings. The molecule has 2 nitrogen and oxygen atoms in total. The third kappa shape index (κ3) is 1.68. The van der Waals surface area contributed by atoms with Crippen molar-refractivity contribution in [3.05, 3.63) is 29.8 Å². The van der Waals surface area contributed by atoms with Crippen molar-refractivity contribution in [3.8, 4) is 12.0 Å². The molecule has 5 atom stereocenters. The zero-order valence-corrected chi connectivity index (χ0v) is 11.1. The van der Waals surface area contributed by atoms with Gasteiger partial charge in [-0.25, -0.2) is 0 Å². The average Bonchev–Trinajstić information content (AvgIpc) is 3.13. The Kier molecular flexibility index (Phi) is 2.55. The Morgan fingerprint density at radius 1 is 1.00 bits per heavy atom. The number of hydrogen-bond acceptors (Lipinski definition) is 2. The summed E-state index contributed by atoms with van der Waals surface area (Å²) in [6, 6.07) is 8.23. The van der Waals surface area contributed by atoms with Crippen LogP contribution in [0.2, 0.25) is 0 Å². The zero-order valence-electron chi connectivity index (χ0n) is 11.1. The molecule has 2 heteroatoms. The molecule has 0 heterocycles. The minimum absolute atomic E-state index is 0.661. The highest BCUT2D eigenvalue weighted by Gasteiger charge is 2.53. The summed E-state index contributed by atoms with van der Waals surface area (Å²) in [5, 5.41) is 8.52. The predicted molar refractivity (Wildman–Crippen MR) is 72.5 cm³/mol. The summed E-state index contributed by atoms with van der Waals surface area (Å²) >= 11 is 0. The molecule has 0 saturated heterocycles. The molecule has 0 amide bonds. The second-order valence-corrected chi connectivity index (χ2v) is 6.52. The maximum absolute atomic E-state index is 8.52. The number of nitrogens with zero attached hydrogens (tertiary/aromatic N) is 1. The number of rotatable bonds is 2. The lowest BCUT2D eigenvalue weighted by atomic mass is 9.76. The first-order valence-corrected chi connectivity index (χ1v) is 7.52. The van der Waals surface area contributed by atoms with Gasteiger partial charge in [0.05, 0.1) is 0 Å². The fourth-order valence-corrected chi connectivity index (χ4v) is 5.30. The van der Waals surface area contributed by atoms with Gasteiger partial charge in [0.1, 0.15) is 5.75 Å². The van der Waals surface area contributed by atoms with E-state index in [1.165, 1.54) is 37.7 Å². The predicted octanol–water partition coefficient (Wildman–Crippen LogP) is 4.09. The van der Waals surface area contributed by atoms with Crippen LogP contribution in [-0.2, 0) is 0 Å². The second kappa shape index (κ2) is 4.27. The summed E-state index contributed by atoms with van der Waals surface area (Å²) in [7, 11) is 0. The van der Waals surface area contributed by atoms with Crippen molar-refractivity contribution < 1.29 is 4.74 Å². The number of hydrogen-bond donors (Lipinski definition) is 0. The molecule has 0 radical (unpaired) electrons. The zero-order chi connectivity index (χ0) is 12.8. The van der Waals surface area contributed by atoms with E-state index in [1.807, 2.05) is 12.1 Å². The summed E-state index contributed by atoms with van der Waals surface area (Å²) < 4.78 is 4.87. The molecule has 0 spiro atoms. The summed E-state index contributed by atoms with van der Waals surface area (Å²) in [5.74, 6) is 5.42. The van der Waals surface area contributed by atoms with Gasteiger partial charge in [-0.05, 0) is 79.4 Å². The standard InChI is InChI=1S/C17H19NO/c18-10-19-14-5-3-11(4-6-14)15-7-8-16-12-1-2-13(9-12)17(15)16/h3-6,12-13,15-17H,1-2,7-9H2. The Morgan fingerprint density at radius 3 is 2.58 bits per heavy atom. The SMILES string of the molecule is N#COc1ccc(C2CCC3C4CCC(C4)C23)cc1. The van der Waals surface area contributed by atoms with Crippen molar-refractivity contribution in [2.24, 2.45) is 23.7 Å². The molecular formula is C17H19NO. The van der Waals surface area contributed by atoms with Crippen molar-refractivity contribution in [1.29, 1.82) is 5.26 Å². The van der Waals surface area contributed by atoms with Crippen LogP contribution in [0.3, 0.4) is 0 Å². The Balaban J connectivity index is 1.58. The van der Waals surface area contributed by atoms with Crippen LogP contribution in [0.25, 0.3) is 0 Å². The minimum atomic E-state index is 0.661. The van der Waals surface area contributed by atoms with Gasteiger partial charge >= 0.3 is 0 Å². The van der Waals surface area contributed by atoms with Crippen LogP contribution in [0.5, 0.6) is 5.75 Å². The van der Waals surface area contributed by atoms with E-state index < -0.39 is 0 Å². The fraction of sp³-hybridized carbons (Fsp3) is 0.588. The largest absolute Gasteiger partial charge is 0.388 e. The Hall–Kier alpha value is -1.49. The average molecular weight is 253 g/mol. The van der Waals surface area contributed by atoms with Gasteiger partial charge in [0.2, 0.25) is 0 Å². The fourth-order valence-electron chi connectivity index (χ4n) is 5.30. The third-order valence-corrected chi connectivity index (χ3v) is 5.91. The van der Waals surface area contributed by atoms with Crippen molar-refractivity contribution in [1.82, 2.24) is 0 Å². The minimum Gasteiger partial charge on any atom is -0.388 e. The molecule has 3 fully saturated rings. The molecule has 2 bridgehead atoms. The van der Waals surface area contributed by atoms with Gasteiger partial charge in [0, 0.05) is 0 Å². The quantitative estimate of drug-likeness (QED) is 0.744. The first-order chi connectivity index (χ1) is 9.36. The lowest BCUT2D eigenvalue weighted by Crippen LogP contribution is -2.21. The first-order valence-electron chi connectivity index (χ1n) is 7.52. The van der Waals surface area contributed by atoms with Crippen LogP contribution in [0, 0.1) is 35.2 Å². The molecule has 3 saturated carbocycles. The van der Waals surface area contributed by atoms with Crippen molar-refractivity contribution in [2.75, 3.05) is 0 Å². The van der Waals surface area contributed by atoms with Gasteiger partial charge in [0.15, 0.2) is 0 Å². The maximum Gasteiger partial charge on any atom is 0.292 e. The van der Waals surface area contributed by atoms with E-state index in [2.05, 4.69) is 12.1 Å². The molecule has 19 heavy (non-hydrogen) atoms. The highest BCUT2D eigenvalue weighted by molar-refractivity contribution is 5.32. The highest BCUT2D eigenvalue weighted by atomic mass is 16.5. The topological polar surface area (TPSA) is 33.0 Å². The molecular weight excluding hydrogens is 234 g/mol. The summed E-state index contributed by atoms with van der Waals surface area (Å²) in [5.41, 5.74) is 1.46. The molecule has 3 aliphatic carbocycles. The van der Waals surface area contributed by atoms with Crippen molar-refractivity contribution in [2.45, 2.75) is 38.0 Å². The maximum atomic E-state index is 8.52. The van der Waals surface area contributed by atoms with Gasteiger partial charge in [0.25, 0.3) is 6.26 Å². The molecule has 0 aromatic heterocycles. The van der Waals surface area contributed by atoms with E-state index in [1.54, 1.807) is 6.26 Å². The Morgan fingerprint density at radius 2 is 1.79 bits per heavy atom. The third-order valence-electron chi connectivity index (χ3n) is 5.91. The van der Waals surface area contributed by atoms with E-state index in [0.717, 1.165) is 29.6 Å². The molecule has 1 aromatic carbocycles. The number of ether oxygens (including phenoxy) is 1. The van der Waals surface area contributed by atoms with Crippen molar-refractivity contribution in [3.63, 3.8) is 0 Å². The molecule has 0 aliphatic heterocycles. The van der Waals surface area contributed by atoms with E-state index in [9.17, 15) is 0 Å². The summed E-state index contributed by atoms with van der Waals surface area (Å²) in [4.78, 5) is 0. The monoisotopic (exact) mass is 253 g/mol. The summed E-state index contributed by atoms with van der Waals surface area (Å²) in [6.45, 7) is 0. The number of nitriles is 1. The van der Waals surface area contributed by atoms with Crippen LogP contribution in [0.15, 0.2) is 24.3 Å².